The van der Waals surface area contributed by atoms with Gasteiger partial charge in [0.15, 0.2) is 0 Å². The van der Waals surface area contributed by atoms with Gasteiger partial charge in [-0.25, -0.2) is 18.0 Å². The van der Waals surface area contributed by atoms with Crippen molar-refractivity contribution in [1.82, 2.24) is 0 Å². The van der Waals surface area contributed by atoms with Crippen molar-refractivity contribution in [2.45, 2.75) is 31.1 Å². The summed E-state index contributed by atoms with van der Waals surface area (Å²) < 4.78 is 38.5. The minimum atomic E-state index is -3.80. The van der Waals surface area contributed by atoms with Gasteiger partial charge in [0.2, 0.25) is 0 Å². The predicted octanol–water partition coefficient (Wildman–Crippen LogP) is 4.72. The van der Waals surface area contributed by atoms with Crippen LogP contribution in [0.2, 0.25) is 0 Å². The lowest BCUT2D eigenvalue weighted by Crippen LogP contribution is -2.30. The van der Waals surface area contributed by atoms with E-state index in [4.69, 9.17) is 9.15 Å². The van der Waals surface area contributed by atoms with Gasteiger partial charge in [-0.3, -0.25) is 4.31 Å². The molecule has 178 valence electrons. The molecule has 0 amide bonds. The molecule has 0 bridgehead atoms. The van der Waals surface area contributed by atoms with Crippen LogP contribution < -0.4 is 14.7 Å². The molecule has 0 saturated heterocycles. The second-order valence-electron chi connectivity index (χ2n) is 8.28. The summed E-state index contributed by atoms with van der Waals surface area (Å²) in [5.41, 5.74) is 2.52. The molecular formula is C27H23NO6S. The normalized spacial score (nSPS) is 12.9. The van der Waals surface area contributed by atoms with E-state index in [1.165, 1.54) is 34.6 Å². The third-order valence-corrected chi connectivity index (χ3v) is 8.08. The fourth-order valence-electron chi connectivity index (χ4n) is 4.47. The first-order chi connectivity index (χ1) is 16.9. The Morgan fingerprint density at radius 3 is 2.40 bits per heavy atom. The molecule has 1 aliphatic carbocycles. The van der Waals surface area contributed by atoms with Crippen LogP contribution >= 0.6 is 0 Å². The summed E-state index contributed by atoms with van der Waals surface area (Å²) in [4.78, 5) is 25.0. The molecule has 0 radical (unpaired) electrons. The molecule has 0 atom stereocenters. The molecule has 0 fully saturated rings. The number of carbonyl (C=O) groups excluding carboxylic acids is 1. The Kier molecular flexibility index (Phi) is 5.90. The Hall–Kier alpha value is -3.91. The summed E-state index contributed by atoms with van der Waals surface area (Å²) >= 11 is 0. The highest BCUT2D eigenvalue weighted by molar-refractivity contribution is 7.92. The second kappa shape index (κ2) is 9.03. The lowest BCUT2D eigenvalue weighted by molar-refractivity contribution is 0.0735. The number of hydrogen-bond donors (Lipinski definition) is 0. The third-order valence-electron chi connectivity index (χ3n) is 6.17. The zero-order valence-electron chi connectivity index (χ0n) is 19.1. The molecular weight excluding hydrogens is 466 g/mol. The Morgan fingerprint density at radius 2 is 1.69 bits per heavy atom. The molecule has 5 rings (SSSR count). The monoisotopic (exact) mass is 489 g/mol. The molecule has 1 heterocycles. The molecule has 1 aromatic heterocycles. The summed E-state index contributed by atoms with van der Waals surface area (Å²) in [6.45, 7) is 2.02. The number of para-hydroxylation sites is 1. The van der Waals surface area contributed by atoms with Crippen LogP contribution in [0.5, 0.6) is 5.75 Å². The highest BCUT2D eigenvalue weighted by Gasteiger charge is 2.24. The van der Waals surface area contributed by atoms with E-state index >= 15 is 0 Å². The lowest BCUT2D eigenvalue weighted by Gasteiger charge is -2.22. The summed E-state index contributed by atoms with van der Waals surface area (Å²) in [5.74, 6) is -0.409. The zero-order chi connectivity index (χ0) is 24.6. The van der Waals surface area contributed by atoms with Gasteiger partial charge >= 0.3 is 11.6 Å². The smallest absolute Gasteiger partial charge is 0.343 e. The maximum atomic E-state index is 13.1. The standard InChI is InChI=1S/C27H23NO6S/c1-2-28(19-7-4-3-5-8-19)35(31,32)21-14-11-18(12-15-21)26(29)33-20-13-16-23-22-9-6-10-24(22)27(30)34-25(23)17-20/h3-5,7-8,11-17H,2,6,9-10H2,1H3. The molecule has 3 aromatic carbocycles. The van der Waals surface area contributed by atoms with Crippen LogP contribution in [-0.4, -0.2) is 20.9 Å². The maximum absolute atomic E-state index is 13.1. The number of carbonyl (C=O) groups is 1. The van der Waals surface area contributed by atoms with E-state index in [0.717, 1.165) is 35.8 Å². The van der Waals surface area contributed by atoms with Gasteiger partial charge in [0.05, 0.1) is 16.1 Å². The Bertz CT molecular complexity index is 1570. The van der Waals surface area contributed by atoms with Gasteiger partial charge < -0.3 is 9.15 Å². The first-order valence-electron chi connectivity index (χ1n) is 11.4. The molecule has 0 unspecified atom stereocenters. The van der Waals surface area contributed by atoms with Crippen molar-refractivity contribution in [2.24, 2.45) is 0 Å². The summed E-state index contributed by atoms with van der Waals surface area (Å²) in [6.07, 6.45) is 2.46. The van der Waals surface area contributed by atoms with Crippen molar-refractivity contribution in [1.29, 1.82) is 0 Å². The molecule has 0 spiro atoms. The fraction of sp³-hybridized carbons (Fsp3) is 0.185. The molecule has 8 heteroatoms. The number of fused-ring (bicyclic) bond motifs is 3. The average Bonchev–Trinajstić information content (AvgIpc) is 3.36. The highest BCUT2D eigenvalue weighted by Crippen LogP contribution is 2.30. The van der Waals surface area contributed by atoms with Gasteiger partial charge in [-0.05, 0) is 80.3 Å². The van der Waals surface area contributed by atoms with Gasteiger partial charge in [0, 0.05) is 23.6 Å². The summed E-state index contributed by atoms with van der Waals surface area (Å²) in [6, 6.07) is 19.4. The molecule has 0 N–H and O–H groups in total. The predicted molar refractivity (Wildman–Crippen MR) is 133 cm³/mol. The zero-order valence-corrected chi connectivity index (χ0v) is 19.9. The number of benzene rings is 3. The number of anilines is 1. The number of nitrogens with zero attached hydrogens (tertiary/aromatic N) is 1. The van der Waals surface area contributed by atoms with E-state index in [9.17, 15) is 18.0 Å². The van der Waals surface area contributed by atoms with Crippen LogP contribution in [0.25, 0.3) is 11.0 Å². The van der Waals surface area contributed by atoms with Crippen LogP contribution in [0.1, 0.15) is 34.8 Å². The van der Waals surface area contributed by atoms with E-state index in [1.807, 2.05) is 6.07 Å². The Labute approximate surface area is 202 Å². The molecule has 0 aliphatic heterocycles. The maximum Gasteiger partial charge on any atom is 0.343 e. The number of aryl methyl sites for hydroxylation is 1. The van der Waals surface area contributed by atoms with E-state index in [-0.39, 0.29) is 28.4 Å². The Balaban J connectivity index is 1.37. The first kappa shape index (κ1) is 22.9. The molecule has 35 heavy (non-hydrogen) atoms. The van der Waals surface area contributed by atoms with Crippen LogP contribution in [-0.2, 0) is 22.9 Å². The van der Waals surface area contributed by atoms with Crippen molar-refractivity contribution in [3.05, 3.63) is 99.9 Å². The van der Waals surface area contributed by atoms with E-state index in [1.54, 1.807) is 43.3 Å². The SMILES string of the molecule is CCN(c1ccccc1)S(=O)(=O)c1ccc(C(=O)Oc2ccc3c4c(c(=O)oc3c2)CCC4)cc1. The summed E-state index contributed by atoms with van der Waals surface area (Å²) in [7, 11) is -3.80. The van der Waals surface area contributed by atoms with Crippen molar-refractivity contribution in [3.8, 4) is 5.75 Å². The van der Waals surface area contributed by atoms with Crippen LogP contribution in [0.3, 0.4) is 0 Å². The number of rotatable bonds is 6. The number of ether oxygens (including phenoxy) is 1. The van der Waals surface area contributed by atoms with E-state index in [0.29, 0.717) is 11.3 Å². The van der Waals surface area contributed by atoms with Gasteiger partial charge in [-0.1, -0.05) is 18.2 Å². The van der Waals surface area contributed by atoms with Crippen LogP contribution in [0.15, 0.2) is 86.9 Å². The van der Waals surface area contributed by atoms with Crippen molar-refractivity contribution < 1.29 is 22.4 Å². The Morgan fingerprint density at radius 1 is 0.971 bits per heavy atom. The van der Waals surface area contributed by atoms with E-state index in [2.05, 4.69) is 0 Å². The van der Waals surface area contributed by atoms with Gasteiger partial charge in [0.1, 0.15) is 11.3 Å². The minimum Gasteiger partial charge on any atom is -0.423 e. The van der Waals surface area contributed by atoms with Gasteiger partial charge in [-0.2, -0.15) is 0 Å². The van der Waals surface area contributed by atoms with Gasteiger partial charge in [0.25, 0.3) is 10.0 Å². The van der Waals surface area contributed by atoms with Crippen molar-refractivity contribution in [3.63, 3.8) is 0 Å². The van der Waals surface area contributed by atoms with Crippen molar-refractivity contribution >= 4 is 32.6 Å². The molecule has 7 nitrogen and oxygen atoms in total. The fourth-order valence-corrected chi connectivity index (χ4v) is 5.94. The molecule has 4 aromatic rings. The van der Waals surface area contributed by atoms with E-state index < -0.39 is 16.0 Å². The lowest BCUT2D eigenvalue weighted by atomic mass is 10.1. The topological polar surface area (TPSA) is 93.9 Å². The molecule has 1 aliphatic rings. The molecule has 0 saturated carbocycles. The van der Waals surface area contributed by atoms with Gasteiger partial charge in [-0.15, -0.1) is 0 Å². The third kappa shape index (κ3) is 4.21. The largest absolute Gasteiger partial charge is 0.423 e. The quantitative estimate of drug-likeness (QED) is 0.221. The number of hydrogen-bond acceptors (Lipinski definition) is 6. The number of esters is 1. The van der Waals surface area contributed by atoms with Crippen molar-refractivity contribution in [2.75, 3.05) is 10.8 Å². The van der Waals surface area contributed by atoms with Crippen LogP contribution in [0.4, 0.5) is 5.69 Å². The minimum absolute atomic E-state index is 0.0705. The average molecular weight is 490 g/mol. The second-order valence-corrected chi connectivity index (χ2v) is 10.1. The summed E-state index contributed by atoms with van der Waals surface area (Å²) in [5, 5.41) is 0.852. The first-order valence-corrected chi connectivity index (χ1v) is 12.8. The highest BCUT2D eigenvalue weighted by atomic mass is 32.2. The number of sulfonamides is 1. The van der Waals surface area contributed by atoms with Crippen LogP contribution in [0, 0.1) is 0 Å².